The number of urea groups is 1. The molecule has 0 spiro atoms. The van der Waals surface area contributed by atoms with Gasteiger partial charge in [0.15, 0.2) is 0 Å². The molecule has 0 aromatic carbocycles. The van der Waals surface area contributed by atoms with Crippen LogP contribution in [-0.4, -0.2) is 55.6 Å². The molecule has 3 N–H and O–H groups in total. The maximum Gasteiger partial charge on any atom is 0.315 e. The van der Waals surface area contributed by atoms with Gasteiger partial charge in [-0.15, -0.1) is 12.4 Å². The van der Waals surface area contributed by atoms with Crippen LogP contribution in [0.3, 0.4) is 0 Å². The van der Waals surface area contributed by atoms with E-state index in [0.29, 0.717) is 36.8 Å². The summed E-state index contributed by atoms with van der Waals surface area (Å²) < 4.78 is 0. The number of hydrogen-bond donors (Lipinski definition) is 3. The van der Waals surface area contributed by atoms with Crippen molar-refractivity contribution in [1.29, 1.82) is 0 Å². The van der Waals surface area contributed by atoms with Crippen molar-refractivity contribution in [2.75, 3.05) is 32.7 Å². The highest BCUT2D eigenvalue weighted by Gasteiger charge is 2.37. The van der Waals surface area contributed by atoms with Gasteiger partial charge in [-0.2, -0.15) is 0 Å². The van der Waals surface area contributed by atoms with Crippen LogP contribution >= 0.6 is 12.4 Å². The molecule has 2 aliphatic heterocycles. The van der Waals surface area contributed by atoms with E-state index in [1.165, 1.54) is 19.3 Å². The summed E-state index contributed by atoms with van der Waals surface area (Å²) in [5, 5.41) is 9.42. The number of halogens is 1. The normalized spacial score (nSPS) is 25.5. The van der Waals surface area contributed by atoms with Crippen LogP contribution < -0.4 is 16.0 Å². The third-order valence-corrected chi connectivity index (χ3v) is 6.04. The smallest absolute Gasteiger partial charge is 0.315 e. The first-order valence-electron chi connectivity index (χ1n) is 10.3. The second-order valence-corrected chi connectivity index (χ2v) is 8.02. The highest BCUT2D eigenvalue weighted by atomic mass is 35.5. The van der Waals surface area contributed by atoms with Crippen molar-refractivity contribution < 1.29 is 9.59 Å². The van der Waals surface area contributed by atoms with Gasteiger partial charge in [0.1, 0.15) is 0 Å². The van der Waals surface area contributed by atoms with Crippen LogP contribution in [-0.2, 0) is 4.79 Å². The van der Waals surface area contributed by atoms with Crippen molar-refractivity contribution in [2.24, 2.45) is 11.8 Å². The summed E-state index contributed by atoms with van der Waals surface area (Å²) in [4.78, 5) is 26.2. The van der Waals surface area contributed by atoms with E-state index in [9.17, 15) is 9.59 Å². The number of likely N-dealkylation sites (tertiary alicyclic amines) is 1. The molecule has 2 atom stereocenters. The Hall–Kier alpha value is -1.01. The molecule has 0 aromatic heterocycles. The molecule has 1 aliphatic carbocycles. The van der Waals surface area contributed by atoms with Crippen molar-refractivity contribution in [2.45, 2.75) is 63.8 Å². The second kappa shape index (κ2) is 11.0. The van der Waals surface area contributed by atoms with Gasteiger partial charge in [-0.1, -0.05) is 25.7 Å². The van der Waals surface area contributed by atoms with Gasteiger partial charge in [-0.3, -0.25) is 4.79 Å². The number of unbranched alkanes of at least 4 members (excludes halogenated alkanes) is 2. The maximum atomic E-state index is 12.3. The Labute approximate surface area is 163 Å². The zero-order valence-corrected chi connectivity index (χ0v) is 16.6. The second-order valence-electron chi connectivity index (χ2n) is 8.02. The SMILES string of the molecule is Cl.O=C(NCCCCCC(=O)N1C[C@H]2CNC[C@H]2C1)NC1CCCCC1. The van der Waals surface area contributed by atoms with Crippen LogP contribution in [0, 0.1) is 11.8 Å². The molecular weight excluding hydrogens is 352 g/mol. The molecule has 150 valence electrons. The minimum Gasteiger partial charge on any atom is -0.342 e. The quantitative estimate of drug-likeness (QED) is 0.587. The van der Waals surface area contributed by atoms with Gasteiger partial charge in [-0.05, 0) is 37.5 Å². The zero-order chi connectivity index (χ0) is 17.5. The molecule has 3 fully saturated rings. The first kappa shape index (κ1) is 21.3. The lowest BCUT2D eigenvalue weighted by molar-refractivity contribution is -0.130. The third-order valence-electron chi connectivity index (χ3n) is 6.04. The predicted molar refractivity (Wildman–Crippen MR) is 106 cm³/mol. The summed E-state index contributed by atoms with van der Waals surface area (Å²) in [6, 6.07) is 0.335. The van der Waals surface area contributed by atoms with Crippen LogP contribution in [0.2, 0.25) is 0 Å². The Balaban J connectivity index is 0.00000243. The lowest BCUT2D eigenvalue weighted by Gasteiger charge is -2.22. The van der Waals surface area contributed by atoms with Crippen LogP contribution in [0.5, 0.6) is 0 Å². The molecule has 0 aromatic rings. The number of carbonyl (C=O) groups is 2. The minimum absolute atomic E-state index is 0. The van der Waals surface area contributed by atoms with E-state index in [0.717, 1.165) is 58.3 Å². The summed E-state index contributed by atoms with van der Waals surface area (Å²) >= 11 is 0. The van der Waals surface area contributed by atoms with Gasteiger partial charge in [0, 0.05) is 45.2 Å². The van der Waals surface area contributed by atoms with E-state index in [2.05, 4.69) is 20.9 Å². The van der Waals surface area contributed by atoms with Crippen LogP contribution in [0.4, 0.5) is 4.79 Å². The van der Waals surface area contributed by atoms with Crippen molar-refractivity contribution >= 4 is 24.3 Å². The highest BCUT2D eigenvalue weighted by Crippen LogP contribution is 2.26. The number of nitrogens with one attached hydrogen (secondary N) is 3. The number of hydrogen-bond acceptors (Lipinski definition) is 3. The number of carbonyl (C=O) groups excluding carboxylic acids is 2. The minimum atomic E-state index is -0.0276. The van der Waals surface area contributed by atoms with Gasteiger partial charge in [0.2, 0.25) is 5.91 Å². The first-order chi connectivity index (χ1) is 12.2. The van der Waals surface area contributed by atoms with E-state index in [-0.39, 0.29) is 18.4 Å². The summed E-state index contributed by atoms with van der Waals surface area (Å²) in [6.45, 7) is 4.73. The van der Waals surface area contributed by atoms with Crippen molar-refractivity contribution in [3.05, 3.63) is 0 Å². The molecule has 0 radical (unpaired) electrons. The molecule has 3 aliphatic rings. The first-order valence-corrected chi connectivity index (χ1v) is 10.3. The summed E-state index contributed by atoms with van der Waals surface area (Å²) in [5.41, 5.74) is 0. The largest absolute Gasteiger partial charge is 0.342 e. The van der Waals surface area contributed by atoms with E-state index in [1.54, 1.807) is 0 Å². The molecule has 3 amide bonds. The number of fused-ring (bicyclic) bond motifs is 1. The molecule has 3 rings (SSSR count). The Kier molecular flexibility index (Phi) is 8.99. The van der Waals surface area contributed by atoms with Crippen LogP contribution in [0.25, 0.3) is 0 Å². The summed E-state index contributed by atoms with van der Waals surface area (Å²) in [5.74, 6) is 1.67. The molecule has 2 heterocycles. The van der Waals surface area contributed by atoms with Crippen molar-refractivity contribution in [3.8, 4) is 0 Å². The van der Waals surface area contributed by atoms with E-state index < -0.39 is 0 Å². The standard InChI is InChI=1S/C19H34N4O2.ClH/c24-18(23-13-15-11-20-12-16(15)14-23)9-5-2-6-10-21-19(25)22-17-7-3-1-4-8-17;/h15-17,20H,1-14H2,(H2,21,22,25);1H/t15-,16+;. The van der Waals surface area contributed by atoms with Crippen LogP contribution in [0.15, 0.2) is 0 Å². The van der Waals surface area contributed by atoms with Crippen molar-refractivity contribution in [1.82, 2.24) is 20.9 Å². The Morgan fingerprint density at radius 1 is 0.962 bits per heavy atom. The average molecular weight is 387 g/mol. The summed E-state index contributed by atoms with van der Waals surface area (Å²) in [6.07, 6.45) is 9.51. The maximum absolute atomic E-state index is 12.3. The molecule has 6 nitrogen and oxygen atoms in total. The van der Waals surface area contributed by atoms with Gasteiger partial charge in [0.25, 0.3) is 0 Å². The number of amides is 3. The molecule has 1 saturated carbocycles. The Morgan fingerprint density at radius 2 is 1.65 bits per heavy atom. The van der Waals surface area contributed by atoms with Crippen molar-refractivity contribution in [3.63, 3.8) is 0 Å². The van der Waals surface area contributed by atoms with Gasteiger partial charge in [0.05, 0.1) is 0 Å². The zero-order valence-electron chi connectivity index (χ0n) is 15.8. The fourth-order valence-corrected chi connectivity index (χ4v) is 4.48. The van der Waals surface area contributed by atoms with Gasteiger partial charge < -0.3 is 20.9 Å². The number of nitrogens with zero attached hydrogens (tertiary/aromatic N) is 1. The van der Waals surface area contributed by atoms with Crippen LogP contribution in [0.1, 0.15) is 57.8 Å². The topological polar surface area (TPSA) is 73.5 Å². The number of rotatable bonds is 7. The monoisotopic (exact) mass is 386 g/mol. The molecule has 0 bridgehead atoms. The molecule has 0 unspecified atom stereocenters. The highest BCUT2D eigenvalue weighted by molar-refractivity contribution is 5.85. The fourth-order valence-electron chi connectivity index (χ4n) is 4.48. The average Bonchev–Trinajstić information content (AvgIpc) is 3.20. The molecule has 2 saturated heterocycles. The predicted octanol–water partition coefficient (Wildman–Crippen LogP) is 2.28. The Bertz CT molecular complexity index is 445. The van der Waals surface area contributed by atoms with E-state index in [1.807, 2.05) is 0 Å². The lowest BCUT2D eigenvalue weighted by Crippen LogP contribution is -2.43. The lowest BCUT2D eigenvalue weighted by atomic mass is 9.96. The molecule has 26 heavy (non-hydrogen) atoms. The summed E-state index contributed by atoms with van der Waals surface area (Å²) in [7, 11) is 0. The third kappa shape index (κ3) is 6.31. The van der Waals surface area contributed by atoms with E-state index in [4.69, 9.17) is 0 Å². The van der Waals surface area contributed by atoms with Gasteiger partial charge >= 0.3 is 6.03 Å². The Morgan fingerprint density at radius 3 is 2.35 bits per heavy atom. The van der Waals surface area contributed by atoms with Gasteiger partial charge in [-0.25, -0.2) is 4.79 Å². The molecule has 7 heteroatoms. The van der Waals surface area contributed by atoms with E-state index >= 15 is 0 Å². The fraction of sp³-hybridized carbons (Fsp3) is 0.895. The molecular formula is C19H35ClN4O2.